The molecule has 0 aliphatic heterocycles. The van der Waals surface area contributed by atoms with Crippen molar-refractivity contribution in [3.05, 3.63) is 36.0 Å². The minimum Gasteiger partial charge on any atom is -0.479 e. The molecule has 0 saturated heterocycles. The highest BCUT2D eigenvalue weighted by Gasteiger charge is 2.69. The summed E-state index contributed by atoms with van der Waals surface area (Å²) in [5, 5.41) is 14.2. The number of hydrogen-bond acceptors (Lipinski definition) is 8. The topological polar surface area (TPSA) is 116 Å². The van der Waals surface area contributed by atoms with Crippen molar-refractivity contribution < 1.29 is 24.8 Å². The van der Waals surface area contributed by atoms with Crippen molar-refractivity contribution in [1.29, 1.82) is 0 Å². The summed E-state index contributed by atoms with van der Waals surface area (Å²) >= 11 is 0. The number of nitrogens with zero attached hydrogens (tertiary/aromatic N) is 1. The summed E-state index contributed by atoms with van der Waals surface area (Å²) in [5.41, 5.74) is 7.22. The van der Waals surface area contributed by atoms with Crippen molar-refractivity contribution in [3.8, 4) is 0 Å². The van der Waals surface area contributed by atoms with E-state index in [1.165, 1.54) is 24.1 Å². The Morgan fingerprint density at radius 3 is 2.23 bits per heavy atom. The van der Waals surface area contributed by atoms with E-state index in [9.17, 15) is 9.59 Å². The van der Waals surface area contributed by atoms with Gasteiger partial charge in [-0.15, -0.1) is 0 Å². The van der Waals surface area contributed by atoms with Gasteiger partial charge in [0.05, 0.1) is 19.8 Å². The van der Waals surface area contributed by atoms with E-state index in [0.29, 0.717) is 60.9 Å². The normalized spacial score (nSPS) is 23.5. The predicted octanol–water partition coefficient (Wildman–Crippen LogP) is 6.73. The maximum Gasteiger partial charge on any atom is 0.239 e. The molecule has 1 saturated carbocycles. The molecule has 10 heteroatoms. The van der Waals surface area contributed by atoms with Crippen LogP contribution in [0.4, 0.5) is 0 Å². The lowest BCUT2D eigenvalue weighted by molar-refractivity contribution is -0.121. The summed E-state index contributed by atoms with van der Waals surface area (Å²) in [6.45, 7) is 28.3. The highest BCUT2D eigenvalue weighted by Crippen LogP contribution is 2.74. The smallest absolute Gasteiger partial charge is 0.239 e. The molecule has 5 N–H and O–H groups in total. The van der Waals surface area contributed by atoms with E-state index < -0.39 is 0 Å². The second kappa shape index (κ2) is 20.6. The Morgan fingerprint density at radius 2 is 1.60 bits per heavy atom. The van der Waals surface area contributed by atoms with E-state index in [1.807, 2.05) is 41.7 Å². The zero-order valence-corrected chi connectivity index (χ0v) is 31.7. The maximum absolute atomic E-state index is 12.1. The van der Waals surface area contributed by atoms with Gasteiger partial charge in [-0.05, 0) is 96.5 Å². The van der Waals surface area contributed by atoms with Crippen LogP contribution in [0.1, 0.15) is 119 Å². The Hall–Kier alpha value is -2.72. The third-order valence-electron chi connectivity index (χ3n) is 9.84. The van der Waals surface area contributed by atoms with Crippen LogP contribution in [0.25, 0.3) is 0 Å². The maximum atomic E-state index is 12.1. The summed E-state index contributed by atoms with van der Waals surface area (Å²) < 4.78 is 11.8. The van der Waals surface area contributed by atoms with E-state index >= 15 is 0 Å². The first-order valence-electron chi connectivity index (χ1n) is 17.9. The third kappa shape index (κ3) is 14.5. The van der Waals surface area contributed by atoms with Crippen LogP contribution >= 0.6 is 0 Å². The fourth-order valence-electron chi connectivity index (χ4n) is 6.58. The number of allylic oxidation sites excluding steroid dienone is 3. The van der Waals surface area contributed by atoms with Crippen LogP contribution in [0, 0.1) is 16.7 Å². The fourth-order valence-corrected chi connectivity index (χ4v) is 6.58. The Kier molecular flexibility index (Phi) is 18.5. The average molecular weight is 671 g/mol. The number of hydrogen-bond donors (Lipinski definition) is 5. The van der Waals surface area contributed by atoms with Gasteiger partial charge >= 0.3 is 0 Å². The largest absolute Gasteiger partial charge is 0.479 e. The van der Waals surface area contributed by atoms with Crippen molar-refractivity contribution in [3.63, 3.8) is 0 Å². The molecule has 280 valence electrons. The van der Waals surface area contributed by atoms with Crippen molar-refractivity contribution in [2.24, 2.45) is 16.7 Å². The van der Waals surface area contributed by atoms with Gasteiger partial charge in [-0.2, -0.15) is 0 Å². The highest BCUT2D eigenvalue weighted by atomic mass is 16.5. The molecule has 1 fully saturated rings. The van der Waals surface area contributed by atoms with Gasteiger partial charge < -0.3 is 35.7 Å². The number of fused-ring (bicyclic) bond motifs is 1. The first-order valence-corrected chi connectivity index (χ1v) is 17.9. The number of nitrogens with one attached hydrogen (secondary N) is 5. The van der Waals surface area contributed by atoms with Gasteiger partial charge in [0.2, 0.25) is 11.8 Å². The Morgan fingerprint density at radius 1 is 0.936 bits per heavy atom. The molecule has 0 radical (unpaired) electrons. The lowest BCUT2D eigenvalue weighted by Gasteiger charge is -2.29. The zero-order valence-electron chi connectivity index (χ0n) is 31.7. The monoisotopic (exact) mass is 671 g/mol. The van der Waals surface area contributed by atoms with Crippen LogP contribution in [-0.4, -0.2) is 75.9 Å². The quantitative estimate of drug-likeness (QED) is 0.0519. The number of rotatable bonds is 21. The molecule has 2 rings (SSSR count). The lowest BCUT2D eigenvalue weighted by atomic mass is 9.83. The van der Waals surface area contributed by atoms with Gasteiger partial charge in [-0.3, -0.25) is 9.59 Å². The van der Waals surface area contributed by atoms with Crippen LogP contribution in [0.2, 0.25) is 0 Å². The molecule has 2 aliphatic carbocycles. The number of carbonyl (C=O) groups excluding carboxylic acids is 2. The number of unbranched alkanes of at least 4 members (excludes halogenated alkanes) is 2. The molecular weight excluding hydrogens is 592 g/mol. The van der Waals surface area contributed by atoms with Gasteiger partial charge in [-0.25, -0.2) is 5.43 Å². The summed E-state index contributed by atoms with van der Waals surface area (Å²) in [7, 11) is 4.10. The van der Waals surface area contributed by atoms with E-state index in [2.05, 4.69) is 72.7 Å². The van der Waals surface area contributed by atoms with Gasteiger partial charge in [0.1, 0.15) is 0 Å². The molecule has 3 atom stereocenters. The molecule has 10 nitrogen and oxygen atoms in total. The highest BCUT2D eigenvalue weighted by molar-refractivity contribution is 5.79. The van der Waals surface area contributed by atoms with Crippen LogP contribution in [0.15, 0.2) is 36.0 Å². The SMILES string of the molecule is C=C(CCC(=O)NCCOCCCCCNC(=C)OC[C@@H]1[C@]2(C)CC/C(C)=C(/N(C)NC)CC[C@]12C)NCC(=O)NC(C)(C)C.CC.[HH].[HH].[HH].[HH]. The predicted molar refractivity (Wildman–Crippen MR) is 203 cm³/mol. The molecule has 0 spiro atoms. The van der Waals surface area contributed by atoms with Gasteiger partial charge in [-0.1, -0.05) is 39.8 Å². The third-order valence-corrected chi connectivity index (χ3v) is 9.84. The van der Waals surface area contributed by atoms with Crippen molar-refractivity contribution >= 4 is 11.8 Å². The summed E-state index contributed by atoms with van der Waals surface area (Å²) in [5.74, 6) is 1.07. The molecule has 2 aliphatic rings. The van der Waals surface area contributed by atoms with Gasteiger partial charge in [0.25, 0.3) is 0 Å². The minimum atomic E-state index is -0.274. The van der Waals surface area contributed by atoms with Crippen molar-refractivity contribution in [2.45, 2.75) is 119 Å². The summed E-state index contributed by atoms with van der Waals surface area (Å²) in [4.78, 5) is 23.9. The summed E-state index contributed by atoms with van der Waals surface area (Å²) in [6.07, 6.45) is 8.44. The van der Waals surface area contributed by atoms with Crippen molar-refractivity contribution in [2.75, 3.05) is 53.6 Å². The second-order valence-electron chi connectivity index (χ2n) is 14.3. The first kappa shape index (κ1) is 42.3. The molecule has 2 amide bonds. The lowest BCUT2D eigenvalue weighted by Crippen LogP contribution is -2.44. The average Bonchev–Trinajstić information content (AvgIpc) is 3.47. The van der Waals surface area contributed by atoms with E-state index in [4.69, 9.17) is 9.47 Å². The molecule has 0 aromatic rings. The molecular formula is C37H78N6O4. The molecule has 47 heavy (non-hydrogen) atoms. The molecule has 0 aromatic heterocycles. The van der Waals surface area contributed by atoms with E-state index in [0.717, 1.165) is 45.3 Å². The number of ether oxygens (including phenoxy) is 2. The Bertz CT molecular complexity index is 1060. The second-order valence-corrected chi connectivity index (χ2v) is 14.3. The number of carbonyl (C=O) groups is 2. The zero-order chi connectivity index (χ0) is 35.7. The number of hydrazine groups is 1. The van der Waals surface area contributed by atoms with Crippen molar-refractivity contribution in [1.82, 2.24) is 31.7 Å². The molecule has 0 bridgehead atoms. The molecule has 0 unspecified atom stereocenters. The first-order chi connectivity index (χ1) is 22.1. The van der Waals surface area contributed by atoms with Crippen LogP contribution < -0.4 is 26.7 Å². The van der Waals surface area contributed by atoms with Crippen LogP contribution in [0.3, 0.4) is 0 Å². The van der Waals surface area contributed by atoms with E-state index in [1.54, 1.807) is 0 Å². The summed E-state index contributed by atoms with van der Waals surface area (Å²) in [6, 6.07) is 0. The minimum absolute atomic E-state index is 0. The van der Waals surface area contributed by atoms with E-state index in [-0.39, 0.29) is 29.6 Å². The van der Waals surface area contributed by atoms with Crippen LogP contribution in [0.5, 0.6) is 0 Å². The standard InChI is InChI=1S/C35H64N6O4.C2H6.4H2/c1-26-16-18-34(7)30(35(34,8)19-17-29(26)41(10)36-9)25-45-28(3)37-20-12-11-13-22-44-23-21-38-31(42)15-14-27(2)39-24-32(43)40-33(4,5)6;1-2;;;;/h30,36-37,39H,2-3,11-25H2,1,4-10H3,(H,38,42)(H,40,43);1-2H3;4*1H/b29-26+;;;;;/t30-,34+,35-;;;;;/m1...../s1. The Balaban J connectivity index is -0.00000181. The number of amides is 2. The Labute approximate surface area is 293 Å². The molecule has 0 heterocycles. The fraction of sp³-hybridized carbons (Fsp3) is 0.784. The van der Waals surface area contributed by atoms with Gasteiger partial charge in [0.15, 0.2) is 5.88 Å². The van der Waals surface area contributed by atoms with Gasteiger partial charge in [0, 0.05) is 68.8 Å². The van der Waals surface area contributed by atoms with Crippen LogP contribution in [-0.2, 0) is 19.1 Å². The molecule has 0 aromatic carbocycles.